The highest BCUT2D eigenvalue weighted by atomic mass is 35.5. The number of ether oxygens (including phenoxy) is 2. The van der Waals surface area contributed by atoms with Gasteiger partial charge in [0.05, 0.1) is 37.8 Å². The predicted octanol–water partition coefficient (Wildman–Crippen LogP) is 4.07. The molecule has 2 amide bonds. The van der Waals surface area contributed by atoms with Crippen LogP contribution in [0.2, 0.25) is 5.02 Å². The quantitative estimate of drug-likeness (QED) is 0.207. The number of aromatic amines is 1. The third kappa shape index (κ3) is 6.54. The second kappa shape index (κ2) is 12.8. The van der Waals surface area contributed by atoms with E-state index in [2.05, 4.69) is 36.2 Å². The number of carbonyl (C=O) groups is 3. The predicted molar refractivity (Wildman–Crippen MR) is 159 cm³/mol. The molecule has 1 aliphatic heterocycles. The molecule has 0 saturated carbocycles. The van der Waals surface area contributed by atoms with E-state index in [-0.39, 0.29) is 11.5 Å². The topological polar surface area (TPSA) is 191 Å². The monoisotopic (exact) mass is 607 g/mol. The molecule has 2 unspecified atom stereocenters. The molecule has 2 bridgehead atoms. The summed E-state index contributed by atoms with van der Waals surface area (Å²) in [7, 11) is 2.60. The lowest BCUT2D eigenvalue weighted by Gasteiger charge is -2.22. The van der Waals surface area contributed by atoms with E-state index in [4.69, 9.17) is 26.8 Å². The van der Waals surface area contributed by atoms with Crippen LogP contribution in [0.1, 0.15) is 48.0 Å². The molecule has 1 aliphatic rings. The Balaban J connectivity index is 1.45. The van der Waals surface area contributed by atoms with Crippen molar-refractivity contribution in [2.45, 2.75) is 37.8 Å². The minimum Gasteiger partial charge on any atom is -0.467 e. The van der Waals surface area contributed by atoms with Crippen molar-refractivity contribution in [3.63, 3.8) is 0 Å². The Bertz CT molecular complexity index is 1650. The number of halogens is 1. The van der Waals surface area contributed by atoms with E-state index in [0.29, 0.717) is 64.8 Å². The number of rotatable bonds is 5. The van der Waals surface area contributed by atoms with Crippen molar-refractivity contribution in [3.8, 4) is 16.9 Å². The smallest absolute Gasteiger partial charge is 0.411 e. The zero-order chi connectivity index (χ0) is 30.5. The molecule has 6 N–H and O–H groups in total. The fourth-order valence-electron chi connectivity index (χ4n) is 4.82. The van der Waals surface area contributed by atoms with Crippen LogP contribution in [-0.4, -0.2) is 63.2 Å². The van der Waals surface area contributed by atoms with E-state index < -0.39 is 30.1 Å². The SMILES string of the molecule is COC(=O)Nc1ccc2c(c1)NC(C(=O)OC)CCCCC(NC(=O)c1nnn(-c3cccc(Cl)c3)c1N)c1ncc-2[nH]1. The van der Waals surface area contributed by atoms with Crippen LogP contribution in [0.5, 0.6) is 0 Å². The minimum atomic E-state index is -0.659. The Morgan fingerprint density at radius 1 is 1.09 bits per heavy atom. The van der Waals surface area contributed by atoms with Crippen LogP contribution in [-0.2, 0) is 14.3 Å². The van der Waals surface area contributed by atoms with Crippen LogP contribution >= 0.6 is 11.6 Å². The number of nitrogens with one attached hydrogen (secondary N) is 4. The van der Waals surface area contributed by atoms with Crippen LogP contribution in [0.15, 0.2) is 48.7 Å². The lowest BCUT2D eigenvalue weighted by Crippen LogP contribution is -2.32. The number of imidazole rings is 1. The van der Waals surface area contributed by atoms with Gasteiger partial charge in [-0.2, -0.15) is 4.68 Å². The van der Waals surface area contributed by atoms with E-state index in [1.54, 1.807) is 48.7 Å². The number of nitrogens with two attached hydrogens (primary N) is 1. The molecule has 0 spiro atoms. The van der Waals surface area contributed by atoms with Crippen LogP contribution in [0, 0.1) is 0 Å². The molecule has 0 saturated heterocycles. The molecule has 43 heavy (non-hydrogen) atoms. The van der Waals surface area contributed by atoms with Gasteiger partial charge in [0, 0.05) is 22.0 Å². The highest BCUT2D eigenvalue weighted by Gasteiger charge is 2.27. The lowest BCUT2D eigenvalue weighted by molar-refractivity contribution is -0.141. The molecule has 2 aromatic carbocycles. The van der Waals surface area contributed by atoms with Gasteiger partial charge in [0.1, 0.15) is 11.9 Å². The average molecular weight is 608 g/mol. The zero-order valence-corrected chi connectivity index (χ0v) is 24.1. The Morgan fingerprint density at radius 2 is 1.91 bits per heavy atom. The van der Waals surface area contributed by atoms with E-state index in [1.165, 1.54) is 18.9 Å². The summed E-state index contributed by atoms with van der Waals surface area (Å²) in [5, 5.41) is 17.4. The Kier molecular flexibility index (Phi) is 8.76. The molecule has 5 rings (SSSR count). The first-order valence-corrected chi connectivity index (χ1v) is 13.8. The van der Waals surface area contributed by atoms with E-state index in [0.717, 1.165) is 0 Å². The third-order valence-electron chi connectivity index (χ3n) is 7.00. The Morgan fingerprint density at radius 3 is 2.67 bits per heavy atom. The molecular weight excluding hydrogens is 578 g/mol. The molecule has 224 valence electrons. The van der Waals surface area contributed by atoms with Gasteiger partial charge in [-0.3, -0.25) is 10.1 Å². The number of hydrogen-bond donors (Lipinski definition) is 5. The van der Waals surface area contributed by atoms with Crippen molar-refractivity contribution < 1.29 is 23.9 Å². The number of anilines is 3. The summed E-state index contributed by atoms with van der Waals surface area (Å²) in [5.41, 5.74) is 9.11. The Hall–Kier alpha value is -5.11. The number of amides is 2. The second-order valence-corrected chi connectivity index (χ2v) is 10.2. The fraction of sp³-hybridized carbons (Fsp3) is 0.286. The van der Waals surface area contributed by atoms with Crippen LogP contribution in [0.25, 0.3) is 16.9 Å². The molecule has 0 aliphatic carbocycles. The Labute approximate surface area is 251 Å². The van der Waals surface area contributed by atoms with Crippen molar-refractivity contribution in [1.82, 2.24) is 30.3 Å². The maximum absolute atomic E-state index is 13.4. The number of carbonyl (C=O) groups excluding carboxylic acids is 3. The standard InChI is InChI=1S/C28H30ClN9O5/c1-42-27(40)20-9-4-3-8-19(35-26(39)23-24(30)38(37-36-23)17-7-5-6-15(29)12-17)25-31-14-22(34-25)18-11-10-16(13-21(18)33-20)32-28(41)43-2/h5-7,10-14,19-20,33H,3-4,8-9,30H2,1-2H3,(H,31,34)(H,32,41)(H,35,39). The van der Waals surface area contributed by atoms with Crippen molar-refractivity contribution >= 4 is 46.8 Å². The van der Waals surface area contributed by atoms with Crippen LogP contribution in [0.4, 0.5) is 22.0 Å². The number of hydrogen-bond acceptors (Lipinski definition) is 10. The number of H-pyrrole nitrogens is 1. The molecular formula is C28H30ClN9O5. The highest BCUT2D eigenvalue weighted by molar-refractivity contribution is 6.30. The molecule has 15 heteroatoms. The molecule has 2 aromatic heterocycles. The molecule has 0 fully saturated rings. The summed E-state index contributed by atoms with van der Waals surface area (Å²) < 4.78 is 11.1. The molecule has 14 nitrogen and oxygen atoms in total. The maximum Gasteiger partial charge on any atom is 0.411 e. The number of benzene rings is 2. The minimum absolute atomic E-state index is 0.0381. The van der Waals surface area contributed by atoms with Gasteiger partial charge in [-0.15, -0.1) is 5.10 Å². The van der Waals surface area contributed by atoms with Gasteiger partial charge in [0.2, 0.25) is 0 Å². The van der Waals surface area contributed by atoms with Crippen molar-refractivity contribution in [2.24, 2.45) is 0 Å². The van der Waals surface area contributed by atoms with Gasteiger partial charge in [0.25, 0.3) is 5.91 Å². The lowest BCUT2D eigenvalue weighted by atomic mass is 10.0. The first kappa shape index (κ1) is 29.4. The van der Waals surface area contributed by atoms with Crippen molar-refractivity contribution in [1.29, 1.82) is 0 Å². The summed E-state index contributed by atoms with van der Waals surface area (Å²) in [6.45, 7) is 0. The normalized spacial score (nSPS) is 16.4. The fourth-order valence-corrected chi connectivity index (χ4v) is 5.01. The van der Waals surface area contributed by atoms with Gasteiger partial charge < -0.3 is 30.8 Å². The van der Waals surface area contributed by atoms with Crippen LogP contribution < -0.4 is 21.7 Å². The maximum atomic E-state index is 13.4. The molecule has 3 heterocycles. The van der Waals surface area contributed by atoms with Crippen LogP contribution in [0.3, 0.4) is 0 Å². The summed E-state index contributed by atoms with van der Waals surface area (Å²) in [6.07, 6.45) is 3.27. The summed E-state index contributed by atoms with van der Waals surface area (Å²) >= 11 is 6.10. The van der Waals surface area contributed by atoms with Gasteiger partial charge in [-0.25, -0.2) is 14.6 Å². The first-order valence-electron chi connectivity index (χ1n) is 13.4. The summed E-state index contributed by atoms with van der Waals surface area (Å²) in [4.78, 5) is 45.7. The van der Waals surface area contributed by atoms with Crippen molar-refractivity contribution in [3.05, 3.63) is 65.2 Å². The number of nitrogens with zero attached hydrogens (tertiary/aromatic N) is 4. The molecule has 0 radical (unpaired) electrons. The van der Waals surface area contributed by atoms with Crippen molar-refractivity contribution in [2.75, 3.05) is 30.6 Å². The highest BCUT2D eigenvalue weighted by Crippen LogP contribution is 2.33. The van der Waals surface area contributed by atoms with Gasteiger partial charge in [-0.1, -0.05) is 35.7 Å². The largest absolute Gasteiger partial charge is 0.467 e. The number of nitrogen functional groups attached to an aromatic ring is 1. The van der Waals surface area contributed by atoms with Gasteiger partial charge >= 0.3 is 12.1 Å². The summed E-state index contributed by atoms with van der Waals surface area (Å²) in [6, 6.07) is 10.8. The zero-order valence-electron chi connectivity index (χ0n) is 23.4. The van der Waals surface area contributed by atoms with Gasteiger partial charge in [0.15, 0.2) is 11.5 Å². The molecule has 2 atom stereocenters. The second-order valence-electron chi connectivity index (χ2n) is 9.80. The van der Waals surface area contributed by atoms with Gasteiger partial charge in [-0.05, 0) is 49.2 Å². The molecule has 4 aromatic rings. The number of methoxy groups -OCH3 is 2. The number of fused-ring (bicyclic) bond motifs is 4. The summed E-state index contributed by atoms with van der Waals surface area (Å²) in [5.74, 6) is -0.362. The average Bonchev–Trinajstić information content (AvgIpc) is 3.64. The third-order valence-corrected chi connectivity index (χ3v) is 7.23. The van der Waals surface area contributed by atoms with E-state index in [1.807, 2.05) is 0 Å². The number of aromatic nitrogens is 5. The first-order chi connectivity index (χ1) is 20.8. The van der Waals surface area contributed by atoms with E-state index in [9.17, 15) is 14.4 Å². The van der Waals surface area contributed by atoms with E-state index >= 15 is 0 Å². The number of esters is 1.